The van der Waals surface area contributed by atoms with Gasteiger partial charge in [-0.3, -0.25) is 4.90 Å². The minimum Gasteiger partial charge on any atom is -0.508 e. The second kappa shape index (κ2) is 10.2. The summed E-state index contributed by atoms with van der Waals surface area (Å²) >= 11 is 3.50. The Labute approximate surface area is 166 Å². The number of hydrogen-bond acceptors (Lipinski definition) is 2. The van der Waals surface area contributed by atoms with Crippen LogP contribution in [0, 0.1) is 0 Å². The molecule has 25 heavy (non-hydrogen) atoms. The third kappa shape index (κ3) is 6.02. The van der Waals surface area contributed by atoms with Crippen molar-refractivity contribution in [2.45, 2.75) is 58.7 Å². The van der Waals surface area contributed by atoms with E-state index in [4.69, 9.17) is 0 Å². The highest BCUT2D eigenvalue weighted by Gasteiger charge is 2.25. The van der Waals surface area contributed by atoms with Gasteiger partial charge in [0, 0.05) is 22.6 Å². The summed E-state index contributed by atoms with van der Waals surface area (Å²) in [7, 11) is 0. The Morgan fingerprint density at radius 3 is 2.12 bits per heavy atom. The molecule has 0 aliphatic heterocycles. The molecule has 4 heteroatoms. The van der Waals surface area contributed by atoms with Crippen molar-refractivity contribution in [3.05, 3.63) is 64.1 Å². The van der Waals surface area contributed by atoms with Crippen molar-refractivity contribution in [2.75, 3.05) is 0 Å². The molecule has 1 unspecified atom stereocenters. The number of halogens is 2. The first-order valence-corrected chi connectivity index (χ1v) is 9.49. The van der Waals surface area contributed by atoms with Gasteiger partial charge in [0.05, 0.1) is 0 Å². The normalized spacial score (nSPS) is 12.5. The molecule has 0 fully saturated rings. The average molecular weight is 427 g/mol. The quantitative estimate of drug-likeness (QED) is 0.556. The Kier molecular flexibility index (Phi) is 8.98. The first kappa shape index (κ1) is 22.0. The first-order chi connectivity index (χ1) is 11.4. The van der Waals surface area contributed by atoms with Crippen molar-refractivity contribution < 1.29 is 5.11 Å². The molecule has 2 rings (SSSR count). The van der Waals surface area contributed by atoms with Gasteiger partial charge in [0.2, 0.25) is 0 Å². The predicted molar refractivity (Wildman–Crippen MR) is 113 cm³/mol. The lowest BCUT2D eigenvalue weighted by atomic mass is 9.95. The summed E-state index contributed by atoms with van der Waals surface area (Å²) < 4.78 is 1.01. The summed E-state index contributed by atoms with van der Waals surface area (Å²) in [6, 6.07) is 17.6. The van der Waals surface area contributed by atoms with Crippen LogP contribution in [0.3, 0.4) is 0 Å². The summed E-state index contributed by atoms with van der Waals surface area (Å²) in [4.78, 5) is 2.56. The molecule has 0 heterocycles. The van der Waals surface area contributed by atoms with Crippen LogP contribution < -0.4 is 0 Å². The van der Waals surface area contributed by atoms with Crippen LogP contribution in [0.25, 0.3) is 0 Å². The van der Waals surface area contributed by atoms with E-state index in [0.29, 0.717) is 23.9 Å². The van der Waals surface area contributed by atoms with Crippen LogP contribution in [0.1, 0.15) is 51.3 Å². The van der Waals surface area contributed by atoms with Crippen molar-refractivity contribution in [1.82, 2.24) is 4.90 Å². The molecule has 0 bridgehead atoms. The standard InChI is InChI=1S/C21H28BrNO.ClH/c1-15(2)23(16(3)4)20(17-8-6-5-7-9-17)12-10-18-14-19(22)11-13-21(18)24;/h5-9,11,13-16,20,24H,10,12H2,1-4H3;1H. The molecule has 2 aromatic carbocycles. The van der Waals surface area contributed by atoms with Crippen LogP contribution >= 0.6 is 28.3 Å². The summed E-state index contributed by atoms with van der Waals surface area (Å²) in [5.74, 6) is 0.380. The molecule has 0 amide bonds. The molecule has 2 nitrogen and oxygen atoms in total. The summed E-state index contributed by atoms with van der Waals surface area (Å²) in [6.07, 6.45) is 1.82. The number of aromatic hydroxyl groups is 1. The molecule has 0 aliphatic carbocycles. The van der Waals surface area contributed by atoms with E-state index in [2.05, 4.69) is 78.9 Å². The lowest BCUT2D eigenvalue weighted by molar-refractivity contribution is 0.106. The SMILES string of the molecule is CC(C)N(C(C)C)C(CCc1cc(Br)ccc1O)c1ccccc1.Cl. The molecule has 2 aromatic rings. The highest BCUT2D eigenvalue weighted by molar-refractivity contribution is 9.10. The third-order valence-electron chi connectivity index (χ3n) is 4.47. The maximum absolute atomic E-state index is 10.1. The second-order valence-corrected chi connectivity index (χ2v) is 7.79. The number of phenols is 1. The minimum atomic E-state index is 0. The molecule has 0 spiro atoms. The van der Waals surface area contributed by atoms with Crippen LogP contribution in [-0.4, -0.2) is 22.1 Å². The summed E-state index contributed by atoms with van der Waals surface area (Å²) in [5.41, 5.74) is 2.34. The molecule has 0 saturated heterocycles. The fourth-order valence-corrected chi connectivity index (χ4v) is 3.93. The van der Waals surface area contributed by atoms with E-state index >= 15 is 0 Å². The van der Waals surface area contributed by atoms with Crippen molar-refractivity contribution in [1.29, 1.82) is 0 Å². The smallest absolute Gasteiger partial charge is 0.118 e. The molecular formula is C21H29BrClNO. The van der Waals surface area contributed by atoms with Gasteiger partial charge >= 0.3 is 0 Å². The van der Waals surface area contributed by atoms with Crippen molar-refractivity contribution >= 4 is 28.3 Å². The van der Waals surface area contributed by atoms with Crippen molar-refractivity contribution in [3.8, 4) is 5.75 Å². The molecular weight excluding hydrogens is 398 g/mol. The fraction of sp³-hybridized carbons (Fsp3) is 0.429. The number of aryl methyl sites for hydroxylation is 1. The molecule has 1 atom stereocenters. The van der Waals surface area contributed by atoms with Gasteiger partial charge in [0.1, 0.15) is 5.75 Å². The Morgan fingerprint density at radius 1 is 0.960 bits per heavy atom. The van der Waals surface area contributed by atoms with E-state index in [0.717, 1.165) is 22.9 Å². The van der Waals surface area contributed by atoms with E-state index < -0.39 is 0 Å². The monoisotopic (exact) mass is 425 g/mol. The van der Waals surface area contributed by atoms with Gasteiger partial charge in [-0.05, 0) is 69.9 Å². The number of benzene rings is 2. The second-order valence-electron chi connectivity index (χ2n) is 6.87. The molecule has 0 saturated carbocycles. The maximum Gasteiger partial charge on any atom is 0.118 e. The lowest BCUT2D eigenvalue weighted by Crippen LogP contribution is -2.40. The van der Waals surface area contributed by atoms with Crippen LogP contribution in [0.5, 0.6) is 5.75 Å². The van der Waals surface area contributed by atoms with Crippen LogP contribution in [0.4, 0.5) is 0 Å². The van der Waals surface area contributed by atoms with Gasteiger partial charge in [-0.25, -0.2) is 0 Å². The van der Waals surface area contributed by atoms with Gasteiger partial charge in [0.15, 0.2) is 0 Å². The Balaban J connectivity index is 0.00000312. The molecule has 1 N–H and O–H groups in total. The van der Waals surface area contributed by atoms with Crippen LogP contribution in [-0.2, 0) is 6.42 Å². The van der Waals surface area contributed by atoms with Gasteiger partial charge in [-0.15, -0.1) is 12.4 Å². The van der Waals surface area contributed by atoms with E-state index in [9.17, 15) is 5.11 Å². The maximum atomic E-state index is 10.1. The zero-order chi connectivity index (χ0) is 17.7. The zero-order valence-electron chi connectivity index (χ0n) is 15.4. The van der Waals surface area contributed by atoms with Crippen molar-refractivity contribution in [3.63, 3.8) is 0 Å². The molecule has 138 valence electrons. The summed E-state index contributed by atoms with van der Waals surface area (Å²) in [6.45, 7) is 9.03. The number of phenolic OH excluding ortho intramolecular Hbond substituents is 1. The minimum absolute atomic E-state index is 0. The Morgan fingerprint density at radius 2 is 1.56 bits per heavy atom. The first-order valence-electron chi connectivity index (χ1n) is 8.70. The van der Waals surface area contributed by atoms with E-state index in [-0.39, 0.29) is 12.4 Å². The topological polar surface area (TPSA) is 23.5 Å². The largest absolute Gasteiger partial charge is 0.508 e. The van der Waals surface area contributed by atoms with Gasteiger partial charge in [-0.2, -0.15) is 0 Å². The van der Waals surface area contributed by atoms with Gasteiger partial charge in [0.25, 0.3) is 0 Å². The van der Waals surface area contributed by atoms with E-state index in [1.54, 1.807) is 6.07 Å². The Bertz CT molecular complexity index is 638. The Hall–Kier alpha value is -1.03. The fourth-order valence-electron chi connectivity index (χ4n) is 3.53. The molecule has 0 aliphatic rings. The van der Waals surface area contributed by atoms with E-state index in [1.807, 2.05) is 12.1 Å². The number of rotatable bonds is 7. The molecule has 0 aromatic heterocycles. The van der Waals surface area contributed by atoms with Crippen LogP contribution in [0.2, 0.25) is 0 Å². The van der Waals surface area contributed by atoms with Gasteiger partial charge < -0.3 is 5.11 Å². The molecule has 0 radical (unpaired) electrons. The lowest BCUT2D eigenvalue weighted by Gasteiger charge is -2.38. The van der Waals surface area contributed by atoms with Crippen LogP contribution in [0.15, 0.2) is 53.0 Å². The van der Waals surface area contributed by atoms with E-state index in [1.165, 1.54) is 5.56 Å². The third-order valence-corrected chi connectivity index (χ3v) is 4.96. The number of nitrogens with zero attached hydrogens (tertiary/aromatic N) is 1. The number of hydrogen-bond donors (Lipinski definition) is 1. The highest BCUT2D eigenvalue weighted by Crippen LogP contribution is 2.32. The van der Waals surface area contributed by atoms with Gasteiger partial charge in [-0.1, -0.05) is 46.3 Å². The summed E-state index contributed by atoms with van der Waals surface area (Å²) in [5, 5.41) is 10.1. The average Bonchev–Trinajstić information content (AvgIpc) is 2.54. The zero-order valence-corrected chi connectivity index (χ0v) is 17.8. The van der Waals surface area contributed by atoms with Crippen molar-refractivity contribution in [2.24, 2.45) is 0 Å². The predicted octanol–water partition coefficient (Wildman–Crippen LogP) is 6.37. The highest BCUT2D eigenvalue weighted by atomic mass is 79.9.